The Kier molecular flexibility index (Phi) is 4.53. The summed E-state index contributed by atoms with van der Waals surface area (Å²) >= 11 is 0. The molecule has 0 heterocycles. The number of nitrogens with one attached hydrogen (secondary N) is 1. The van der Waals surface area contributed by atoms with E-state index in [0.29, 0.717) is 6.42 Å². The Bertz CT molecular complexity index is 557. The lowest BCUT2D eigenvalue weighted by molar-refractivity contribution is 0.289. The molecule has 0 aliphatic rings. The lowest BCUT2D eigenvalue weighted by Crippen LogP contribution is -2.27. The molecule has 0 aliphatic carbocycles. The van der Waals surface area contributed by atoms with Gasteiger partial charge in [0.15, 0.2) is 0 Å². The standard InChI is InChI=1S/C16H21N3/c1-2-19(11-10-16(17)18)12-14-8-5-7-13-6-3-4-9-15(13)14/h3-9H,2,10-12H2,1H3,(H3,17,18). The lowest BCUT2D eigenvalue weighted by Gasteiger charge is -2.21. The number of nitrogens with zero attached hydrogens (tertiary/aromatic N) is 1. The van der Waals surface area contributed by atoms with Gasteiger partial charge in [0.2, 0.25) is 0 Å². The van der Waals surface area contributed by atoms with Crippen LogP contribution in [0.4, 0.5) is 0 Å². The molecule has 2 rings (SSSR count). The average Bonchev–Trinajstić information content (AvgIpc) is 2.43. The molecule has 0 fully saturated rings. The Morgan fingerprint density at radius 1 is 1.16 bits per heavy atom. The molecule has 3 heteroatoms. The van der Waals surface area contributed by atoms with Gasteiger partial charge in [0.25, 0.3) is 0 Å². The summed E-state index contributed by atoms with van der Waals surface area (Å²) in [4.78, 5) is 2.32. The maximum Gasteiger partial charge on any atom is 0.0918 e. The Morgan fingerprint density at radius 3 is 2.63 bits per heavy atom. The Hall–Kier alpha value is -1.87. The van der Waals surface area contributed by atoms with Crippen LogP contribution in [0.15, 0.2) is 42.5 Å². The molecule has 19 heavy (non-hydrogen) atoms. The van der Waals surface area contributed by atoms with Crippen molar-refractivity contribution in [2.45, 2.75) is 19.9 Å². The maximum absolute atomic E-state index is 7.32. The van der Waals surface area contributed by atoms with Gasteiger partial charge in [-0.2, -0.15) is 0 Å². The van der Waals surface area contributed by atoms with Crippen molar-refractivity contribution in [3.8, 4) is 0 Å². The summed E-state index contributed by atoms with van der Waals surface area (Å²) in [6, 6.07) is 14.9. The second-order valence-electron chi connectivity index (χ2n) is 4.78. The molecule has 0 radical (unpaired) electrons. The highest BCUT2D eigenvalue weighted by Gasteiger charge is 2.07. The van der Waals surface area contributed by atoms with Crippen LogP contribution in [0, 0.1) is 5.41 Å². The molecule has 2 aromatic carbocycles. The van der Waals surface area contributed by atoms with Gasteiger partial charge in [0.05, 0.1) is 5.84 Å². The van der Waals surface area contributed by atoms with E-state index in [2.05, 4.69) is 54.3 Å². The van der Waals surface area contributed by atoms with Gasteiger partial charge in [-0.05, 0) is 22.9 Å². The van der Waals surface area contributed by atoms with Crippen molar-refractivity contribution in [2.24, 2.45) is 5.73 Å². The summed E-state index contributed by atoms with van der Waals surface area (Å²) in [5, 5.41) is 9.92. The SMILES string of the molecule is CCN(CCC(=N)N)Cc1cccc2ccccc12. The van der Waals surface area contributed by atoms with E-state index in [9.17, 15) is 0 Å². The van der Waals surface area contributed by atoms with Crippen LogP contribution in [-0.4, -0.2) is 23.8 Å². The molecule has 0 spiro atoms. The van der Waals surface area contributed by atoms with E-state index in [4.69, 9.17) is 11.1 Å². The van der Waals surface area contributed by atoms with Crippen molar-refractivity contribution in [2.75, 3.05) is 13.1 Å². The third kappa shape index (κ3) is 3.55. The van der Waals surface area contributed by atoms with Crippen molar-refractivity contribution in [3.05, 3.63) is 48.0 Å². The lowest BCUT2D eigenvalue weighted by atomic mass is 10.0. The van der Waals surface area contributed by atoms with E-state index in [1.165, 1.54) is 16.3 Å². The molecule has 3 N–H and O–H groups in total. The molecule has 0 unspecified atom stereocenters. The molecule has 0 bridgehead atoms. The van der Waals surface area contributed by atoms with Crippen LogP contribution in [0.25, 0.3) is 10.8 Å². The predicted molar refractivity (Wildman–Crippen MR) is 81.4 cm³/mol. The number of rotatable bonds is 6. The van der Waals surface area contributed by atoms with Crippen molar-refractivity contribution < 1.29 is 0 Å². The molecule has 0 saturated carbocycles. The number of hydrogen-bond acceptors (Lipinski definition) is 2. The second-order valence-corrected chi connectivity index (χ2v) is 4.78. The van der Waals surface area contributed by atoms with Gasteiger partial charge in [-0.3, -0.25) is 10.3 Å². The molecule has 3 nitrogen and oxygen atoms in total. The predicted octanol–water partition coefficient (Wildman–Crippen LogP) is 2.99. The van der Waals surface area contributed by atoms with Gasteiger partial charge >= 0.3 is 0 Å². The van der Waals surface area contributed by atoms with Crippen LogP contribution in [0.1, 0.15) is 18.9 Å². The molecular formula is C16H21N3. The molecule has 0 aliphatic heterocycles. The molecule has 100 valence electrons. The zero-order valence-electron chi connectivity index (χ0n) is 11.4. The smallest absolute Gasteiger partial charge is 0.0918 e. The minimum Gasteiger partial charge on any atom is -0.388 e. The van der Waals surface area contributed by atoms with Crippen LogP contribution >= 0.6 is 0 Å². The average molecular weight is 255 g/mol. The highest BCUT2D eigenvalue weighted by atomic mass is 15.1. The summed E-state index contributed by atoms with van der Waals surface area (Å²) in [5.41, 5.74) is 6.77. The third-order valence-electron chi connectivity index (χ3n) is 3.42. The summed E-state index contributed by atoms with van der Waals surface area (Å²) in [6.45, 7) is 4.86. The summed E-state index contributed by atoms with van der Waals surface area (Å²) in [6.07, 6.45) is 0.638. The Morgan fingerprint density at radius 2 is 1.89 bits per heavy atom. The van der Waals surface area contributed by atoms with E-state index in [0.717, 1.165) is 19.6 Å². The fourth-order valence-electron chi connectivity index (χ4n) is 2.30. The molecule has 2 aromatic rings. The zero-order valence-corrected chi connectivity index (χ0v) is 11.4. The maximum atomic E-state index is 7.32. The van der Waals surface area contributed by atoms with Gasteiger partial charge in [-0.15, -0.1) is 0 Å². The second kappa shape index (κ2) is 6.34. The van der Waals surface area contributed by atoms with Crippen LogP contribution < -0.4 is 5.73 Å². The molecule has 0 atom stereocenters. The highest BCUT2D eigenvalue weighted by Crippen LogP contribution is 2.19. The van der Waals surface area contributed by atoms with Crippen molar-refractivity contribution in [1.29, 1.82) is 5.41 Å². The van der Waals surface area contributed by atoms with E-state index < -0.39 is 0 Å². The number of fused-ring (bicyclic) bond motifs is 1. The van der Waals surface area contributed by atoms with Crippen LogP contribution in [0.5, 0.6) is 0 Å². The van der Waals surface area contributed by atoms with Crippen LogP contribution in [0.3, 0.4) is 0 Å². The highest BCUT2D eigenvalue weighted by molar-refractivity contribution is 5.85. The third-order valence-corrected chi connectivity index (χ3v) is 3.42. The first kappa shape index (κ1) is 13.6. The van der Waals surface area contributed by atoms with E-state index in [1.807, 2.05) is 0 Å². The van der Waals surface area contributed by atoms with Gasteiger partial charge in [-0.1, -0.05) is 49.4 Å². The fourth-order valence-corrected chi connectivity index (χ4v) is 2.30. The number of hydrogen-bond donors (Lipinski definition) is 2. The van der Waals surface area contributed by atoms with Crippen molar-refractivity contribution >= 4 is 16.6 Å². The van der Waals surface area contributed by atoms with Gasteiger partial charge in [0.1, 0.15) is 0 Å². The van der Waals surface area contributed by atoms with E-state index in [-0.39, 0.29) is 5.84 Å². The van der Waals surface area contributed by atoms with Crippen molar-refractivity contribution in [3.63, 3.8) is 0 Å². The number of amidine groups is 1. The topological polar surface area (TPSA) is 53.1 Å². The fraction of sp³-hybridized carbons (Fsp3) is 0.312. The first-order valence-corrected chi connectivity index (χ1v) is 6.72. The Balaban J connectivity index is 2.17. The summed E-state index contributed by atoms with van der Waals surface area (Å²) in [5.74, 6) is 0.261. The quantitative estimate of drug-likeness (QED) is 0.616. The molecule has 0 saturated heterocycles. The first-order valence-electron chi connectivity index (χ1n) is 6.72. The summed E-state index contributed by atoms with van der Waals surface area (Å²) in [7, 11) is 0. The minimum absolute atomic E-state index is 0.261. The normalized spacial score (nSPS) is 11.1. The van der Waals surface area contributed by atoms with E-state index in [1.54, 1.807) is 0 Å². The molecular weight excluding hydrogens is 234 g/mol. The summed E-state index contributed by atoms with van der Waals surface area (Å²) < 4.78 is 0. The zero-order chi connectivity index (χ0) is 13.7. The minimum atomic E-state index is 0.261. The molecule has 0 amide bonds. The van der Waals surface area contributed by atoms with Crippen LogP contribution in [0.2, 0.25) is 0 Å². The van der Waals surface area contributed by atoms with Gasteiger partial charge in [-0.25, -0.2) is 0 Å². The monoisotopic (exact) mass is 255 g/mol. The van der Waals surface area contributed by atoms with Gasteiger partial charge < -0.3 is 5.73 Å². The molecule has 0 aromatic heterocycles. The van der Waals surface area contributed by atoms with Crippen molar-refractivity contribution in [1.82, 2.24) is 4.90 Å². The number of nitrogens with two attached hydrogens (primary N) is 1. The van der Waals surface area contributed by atoms with Crippen LogP contribution in [-0.2, 0) is 6.54 Å². The van der Waals surface area contributed by atoms with E-state index >= 15 is 0 Å². The number of benzene rings is 2. The largest absolute Gasteiger partial charge is 0.388 e. The Labute approximate surface area is 114 Å². The van der Waals surface area contributed by atoms with Gasteiger partial charge in [0, 0.05) is 19.5 Å². The first-order chi connectivity index (χ1) is 9.20.